The highest BCUT2D eigenvalue weighted by Crippen LogP contribution is 2.35. The Kier molecular flexibility index (Phi) is 3.88. The molecule has 0 aliphatic carbocycles. The molecule has 1 aromatic heterocycles. The number of aromatic nitrogens is 1. The zero-order valence-corrected chi connectivity index (χ0v) is 11.5. The minimum Gasteiger partial charge on any atom is -0.478 e. The summed E-state index contributed by atoms with van der Waals surface area (Å²) in [4.78, 5) is 15.8. The minimum atomic E-state index is -0.975. The Hall–Kier alpha value is -1.53. The molecule has 0 bridgehead atoms. The van der Waals surface area contributed by atoms with Crippen molar-refractivity contribution in [2.24, 2.45) is 0 Å². The zero-order valence-electron chi connectivity index (χ0n) is 9.13. The van der Waals surface area contributed by atoms with Crippen LogP contribution < -0.4 is 5.73 Å². The van der Waals surface area contributed by atoms with Crippen LogP contribution in [0.2, 0.25) is 0 Å². The number of nitrogens with two attached hydrogens (primary N) is 1. The number of nitrogens with zero attached hydrogens (tertiary/aromatic N) is 1. The van der Waals surface area contributed by atoms with Gasteiger partial charge in [0, 0.05) is 16.8 Å². The number of carboxylic acids is 1. The van der Waals surface area contributed by atoms with Crippen molar-refractivity contribution in [3.05, 3.63) is 46.6 Å². The van der Waals surface area contributed by atoms with E-state index in [0.717, 1.165) is 9.50 Å². The number of hydrogen-bond donors (Lipinski definition) is 2. The Morgan fingerprint density at radius 1 is 1.39 bits per heavy atom. The second kappa shape index (κ2) is 5.41. The highest BCUT2D eigenvalue weighted by atomic mass is 79.9. The van der Waals surface area contributed by atoms with Gasteiger partial charge in [0.05, 0.1) is 10.0 Å². The second-order valence-electron chi connectivity index (χ2n) is 3.45. The molecule has 2 aromatic rings. The van der Waals surface area contributed by atoms with Crippen LogP contribution in [0.5, 0.6) is 0 Å². The number of nitrogen functional groups attached to an aromatic ring is 1. The molecular formula is C12H9BrN2O2S. The van der Waals surface area contributed by atoms with E-state index in [1.54, 1.807) is 18.3 Å². The molecule has 0 saturated carbocycles. The molecular weight excluding hydrogens is 316 g/mol. The van der Waals surface area contributed by atoms with Gasteiger partial charge in [-0.1, -0.05) is 11.8 Å². The van der Waals surface area contributed by atoms with Crippen molar-refractivity contribution in [2.75, 3.05) is 5.73 Å². The first-order valence-corrected chi connectivity index (χ1v) is 6.60. The van der Waals surface area contributed by atoms with Gasteiger partial charge in [-0.3, -0.25) is 0 Å². The first-order valence-electron chi connectivity index (χ1n) is 4.99. The fourth-order valence-electron chi connectivity index (χ4n) is 1.31. The van der Waals surface area contributed by atoms with Crippen molar-refractivity contribution in [2.45, 2.75) is 9.92 Å². The van der Waals surface area contributed by atoms with Gasteiger partial charge in [0.1, 0.15) is 5.03 Å². The van der Waals surface area contributed by atoms with Gasteiger partial charge in [-0.25, -0.2) is 9.78 Å². The summed E-state index contributed by atoms with van der Waals surface area (Å²) in [6.07, 6.45) is 1.67. The molecule has 2 rings (SSSR count). The molecule has 0 aliphatic rings. The average molecular weight is 325 g/mol. The van der Waals surface area contributed by atoms with E-state index in [4.69, 9.17) is 10.8 Å². The summed E-state index contributed by atoms with van der Waals surface area (Å²) in [5, 5.41) is 9.69. The van der Waals surface area contributed by atoms with Crippen LogP contribution in [0.1, 0.15) is 10.4 Å². The minimum absolute atomic E-state index is 0.207. The number of anilines is 1. The first kappa shape index (κ1) is 12.9. The molecule has 1 heterocycles. The van der Waals surface area contributed by atoms with Gasteiger partial charge in [0.25, 0.3) is 0 Å². The fourth-order valence-corrected chi connectivity index (χ4v) is 2.66. The number of rotatable bonds is 3. The van der Waals surface area contributed by atoms with Crippen LogP contribution in [0.4, 0.5) is 5.69 Å². The molecule has 18 heavy (non-hydrogen) atoms. The molecule has 4 nitrogen and oxygen atoms in total. The van der Waals surface area contributed by atoms with Crippen molar-refractivity contribution in [3.8, 4) is 0 Å². The highest BCUT2D eigenvalue weighted by Gasteiger charge is 2.10. The van der Waals surface area contributed by atoms with Crippen molar-refractivity contribution in [1.29, 1.82) is 0 Å². The number of halogens is 1. The van der Waals surface area contributed by atoms with Gasteiger partial charge in [-0.15, -0.1) is 0 Å². The number of hydrogen-bond acceptors (Lipinski definition) is 4. The molecule has 6 heteroatoms. The Balaban J connectivity index is 2.37. The average Bonchev–Trinajstić information content (AvgIpc) is 2.34. The third kappa shape index (κ3) is 2.83. The lowest BCUT2D eigenvalue weighted by molar-refractivity contribution is 0.0696. The molecule has 0 amide bonds. The van der Waals surface area contributed by atoms with Crippen molar-refractivity contribution >= 4 is 39.3 Å². The number of carboxylic acid groups (broad SMARTS) is 1. The van der Waals surface area contributed by atoms with Crippen LogP contribution >= 0.6 is 27.7 Å². The van der Waals surface area contributed by atoms with E-state index >= 15 is 0 Å². The zero-order chi connectivity index (χ0) is 13.1. The standard InChI is InChI=1S/C12H9BrN2O2S/c13-8-2-1-5-15-11(8)18-10-6-7(12(16)17)3-4-9(10)14/h1-6H,14H2,(H,16,17). The van der Waals surface area contributed by atoms with Crippen LogP contribution in [0, 0.1) is 0 Å². The van der Waals surface area contributed by atoms with Crippen LogP contribution in [0.25, 0.3) is 0 Å². The molecule has 1 aromatic carbocycles. The van der Waals surface area contributed by atoms with Crippen LogP contribution in [-0.4, -0.2) is 16.1 Å². The summed E-state index contributed by atoms with van der Waals surface area (Å²) < 4.78 is 0.843. The van der Waals surface area contributed by atoms with Gasteiger partial charge < -0.3 is 10.8 Å². The molecule has 0 atom stereocenters. The van der Waals surface area contributed by atoms with E-state index in [1.165, 1.54) is 17.8 Å². The van der Waals surface area contributed by atoms with Crippen molar-refractivity contribution < 1.29 is 9.90 Å². The number of benzene rings is 1. The highest BCUT2D eigenvalue weighted by molar-refractivity contribution is 9.10. The smallest absolute Gasteiger partial charge is 0.335 e. The number of carbonyl (C=O) groups is 1. The monoisotopic (exact) mass is 324 g/mol. The van der Waals surface area contributed by atoms with Crippen LogP contribution in [-0.2, 0) is 0 Å². The van der Waals surface area contributed by atoms with Gasteiger partial charge in [-0.2, -0.15) is 0 Å². The van der Waals surface area contributed by atoms with Crippen LogP contribution in [0.3, 0.4) is 0 Å². The van der Waals surface area contributed by atoms with E-state index in [0.29, 0.717) is 10.6 Å². The van der Waals surface area contributed by atoms with Crippen molar-refractivity contribution in [3.63, 3.8) is 0 Å². The van der Waals surface area contributed by atoms with Gasteiger partial charge >= 0.3 is 5.97 Å². The quantitative estimate of drug-likeness (QED) is 0.847. The lowest BCUT2D eigenvalue weighted by atomic mass is 10.2. The third-order valence-electron chi connectivity index (χ3n) is 2.19. The molecule has 0 saturated heterocycles. The SMILES string of the molecule is Nc1ccc(C(=O)O)cc1Sc1ncccc1Br. The Morgan fingerprint density at radius 2 is 2.17 bits per heavy atom. The third-order valence-corrected chi connectivity index (χ3v) is 4.19. The van der Waals surface area contributed by atoms with E-state index < -0.39 is 5.97 Å². The van der Waals surface area contributed by atoms with Crippen LogP contribution in [0.15, 0.2) is 50.9 Å². The van der Waals surface area contributed by atoms with E-state index in [2.05, 4.69) is 20.9 Å². The molecule has 0 radical (unpaired) electrons. The van der Waals surface area contributed by atoms with Crippen molar-refractivity contribution in [1.82, 2.24) is 4.98 Å². The predicted molar refractivity (Wildman–Crippen MR) is 73.9 cm³/mol. The summed E-state index contributed by atoms with van der Waals surface area (Å²) in [5.74, 6) is -0.975. The first-order chi connectivity index (χ1) is 8.58. The Labute approximate surface area is 116 Å². The lowest BCUT2D eigenvalue weighted by Crippen LogP contribution is -1.98. The summed E-state index contributed by atoms with van der Waals surface area (Å²) in [5.41, 5.74) is 6.57. The topological polar surface area (TPSA) is 76.2 Å². The Bertz CT molecular complexity index is 604. The Morgan fingerprint density at radius 3 is 2.83 bits per heavy atom. The van der Waals surface area contributed by atoms with Gasteiger partial charge in [-0.05, 0) is 46.3 Å². The van der Waals surface area contributed by atoms with E-state index in [9.17, 15) is 4.79 Å². The molecule has 92 valence electrons. The normalized spacial score (nSPS) is 10.3. The van der Waals surface area contributed by atoms with Gasteiger partial charge in [0.15, 0.2) is 0 Å². The summed E-state index contributed by atoms with van der Waals surface area (Å²) in [7, 11) is 0. The summed E-state index contributed by atoms with van der Waals surface area (Å²) in [6.45, 7) is 0. The maximum Gasteiger partial charge on any atom is 0.335 e. The lowest BCUT2D eigenvalue weighted by Gasteiger charge is -2.07. The maximum absolute atomic E-state index is 10.9. The predicted octanol–water partition coefficient (Wildman–Crippen LogP) is 3.28. The molecule has 0 fully saturated rings. The summed E-state index contributed by atoms with van der Waals surface area (Å²) >= 11 is 4.71. The number of aromatic carboxylic acids is 1. The summed E-state index contributed by atoms with van der Waals surface area (Å²) in [6, 6.07) is 8.29. The molecule has 3 N–H and O–H groups in total. The second-order valence-corrected chi connectivity index (χ2v) is 5.34. The molecule has 0 spiro atoms. The van der Waals surface area contributed by atoms with Gasteiger partial charge in [0.2, 0.25) is 0 Å². The largest absolute Gasteiger partial charge is 0.478 e. The van der Waals surface area contributed by atoms with E-state index in [-0.39, 0.29) is 5.56 Å². The molecule has 0 aliphatic heterocycles. The number of pyridine rings is 1. The maximum atomic E-state index is 10.9. The van der Waals surface area contributed by atoms with E-state index in [1.807, 2.05) is 12.1 Å². The fraction of sp³-hybridized carbons (Fsp3) is 0. The molecule has 0 unspecified atom stereocenters.